The Bertz CT molecular complexity index is 811. The van der Waals surface area contributed by atoms with Gasteiger partial charge in [0.25, 0.3) is 17.3 Å². The summed E-state index contributed by atoms with van der Waals surface area (Å²) < 4.78 is 5.18. The molecule has 9 nitrogen and oxygen atoms in total. The quantitative estimate of drug-likeness (QED) is 0.629. The summed E-state index contributed by atoms with van der Waals surface area (Å²) in [5, 5.41) is 23.7. The fraction of sp³-hybridized carbons (Fsp3) is 0.0714. The van der Waals surface area contributed by atoms with Crippen molar-refractivity contribution in [1.82, 2.24) is 0 Å². The van der Waals surface area contributed by atoms with Crippen LogP contribution in [0, 0.1) is 20.2 Å². The van der Waals surface area contributed by atoms with Crippen LogP contribution in [-0.2, 0) is 4.79 Å². The van der Waals surface area contributed by atoms with Crippen molar-refractivity contribution in [2.45, 2.75) is 0 Å². The van der Waals surface area contributed by atoms with Gasteiger partial charge in [-0.05, 0) is 12.1 Å². The molecule has 0 atom stereocenters. The lowest BCUT2D eigenvalue weighted by molar-refractivity contribution is -0.385. The summed E-state index contributed by atoms with van der Waals surface area (Å²) in [6.45, 7) is -0.416. The molecule has 2 rings (SSSR count). The molecule has 0 bridgehead atoms. The van der Waals surface area contributed by atoms with Gasteiger partial charge in [-0.3, -0.25) is 25.0 Å². The van der Waals surface area contributed by atoms with Gasteiger partial charge >= 0.3 is 0 Å². The van der Waals surface area contributed by atoms with E-state index in [1.54, 1.807) is 0 Å². The normalized spacial score (nSPS) is 10.0. The van der Waals surface area contributed by atoms with Gasteiger partial charge in [0, 0.05) is 30.0 Å². The fourth-order valence-corrected chi connectivity index (χ4v) is 1.99. The first-order chi connectivity index (χ1) is 11.4. The molecule has 2 aromatic rings. The van der Waals surface area contributed by atoms with Crippen LogP contribution in [0.4, 0.5) is 17.1 Å². The van der Waals surface area contributed by atoms with Crippen molar-refractivity contribution in [2.24, 2.45) is 0 Å². The number of halogens is 1. The van der Waals surface area contributed by atoms with Gasteiger partial charge in [0.15, 0.2) is 6.61 Å². The maximum Gasteiger partial charge on any atom is 0.271 e. The van der Waals surface area contributed by atoms with Crippen molar-refractivity contribution in [1.29, 1.82) is 0 Å². The van der Waals surface area contributed by atoms with E-state index < -0.39 is 22.4 Å². The third kappa shape index (κ3) is 4.40. The minimum Gasteiger partial charge on any atom is -0.482 e. The number of rotatable bonds is 6. The SMILES string of the molecule is O=C(COc1ccc([N+](=O)[O-])cc1Cl)Nc1cccc([N+](=O)[O-])c1. The summed E-state index contributed by atoms with van der Waals surface area (Å²) >= 11 is 5.84. The number of nitrogens with zero attached hydrogens (tertiary/aromatic N) is 2. The van der Waals surface area contributed by atoms with Crippen LogP contribution >= 0.6 is 11.6 Å². The number of carbonyl (C=O) groups is 1. The van der Waals surface area contributed by atoms with Crippen LogP contribution in [0.25, 0.3) is 0 Å². The molecule has 124 valence electrons. The number of nitrogens with one attached hydrogen (secondary N) is 1. The topological polar surface area (TPSA) is 125 Å². The standard InChI is InChI=1S/C14H10ClN3O6/c15-12-7-11(18(22)23)4-5-13(12)24-8-14(19)16-9-2-1-3-10(6-9)17(20)21/h1-7H,8H2,(H,16,19). The van der Waals surface area contributed by atoms with Crippen LogP contribution in [-0.4, -0.2) is 22.4 Å². The Balaban J connectivity index is 1.97. The Labute approximate surface area is 140 Å². The lowest BCUT2D eigenvalue weighted by Gasteiger charge is -2.08. The van der Waals surface area contributed by atoms with E-state index in [2.05, 4.69) is 5.32 Å². The lowest BCUT2D eigenvalue weighted by Crippen LogP contribution is -2.20. The molecule has 0 aliphatic rings. The Hall–Kier alpha value is -3.20. The smallest absolute Gasteiger partial charge is 0.271 e. The number of benzene rings is 2. The van der Waals surface area contributed by atoms with E-state index in [9.17, 15) is 25.0 Å². The van der Waals surface area contributed by atoms with E-state index in [1.165, 1.54) is 36.4 Å². The van der Waals surface area contributed by atoms with Gasteiger partial charge in [0.05, 0.1) is 14.9 Å². The first-order valence-electron chi connectivity index (χ1n) is 6.48. The molecule has 0 radical (unpaired) electrons. The van der Waals surface area contributed by atoms with Crippen LogP contribution in [0.15, 0.2) is 42.5 Å². The van der Waals surface area contributed by atoms with E-state index in [0.717, 1.165) is 6.07 Å². The highest BCUT2D eigenvalue weighted by atomic mass is 35.5. The Morgan fingerprint density at radius 1 is 1.08 bits per heavy atom. The number of ether oxygens (including phenoxy) is 1. The van der Waals surface area contributed by atoms with E-state index in [1.807, 2.05) is 0 Å². The minimum atomic E-state index is -0.606. The van der Waals surface area contributed by atoms with Crippen LogP contribution in [0.1, 0.15) is 0 Å². The van der Waals surface area contributed by atoms with Crippen molar-refractivity contribution in [3.8, 4) is 5.75 Å². The highest BCUT2D eigenvalue weighted by Crippen LogP contribution is 2.28. The molecule has 0 aliphatic heterocycles. The summed E-state index contributed by atoms with van der Waals surface area (Å²) in [6, 6.07) is 9.00. The van der Waals surface area contributed by atoms with Gasteiger partial charge in [-0.1, -0.05) is 17.7 Å². The van der Waals surface area contributed by atoms with Crippen molar-refractivity contribution < 1.29 is 19.4 Å². The number of hydrogen-bond donors (Lipinski definition) is 1. The second-order valence-corrected chi connectivity index (χ2v) is 4.92. The number of nitro benzene ring substituents is 2. The second kappa shape index (κ2) is 7.38. The molecule has 24 heavy (non-hydrogen) atoms. The highest BCUT2D eigenvalue weighted by molar-refractivity contribution is 6.32. The van der Waals surface area contributed by atoms with Gasteiger partial charge in [-0.15, -0.1) is 0 Å². The summed E-state index contributed by atoms with van der Waals surface area (Å²) in [4.78, 5) is 31.9. The van der Waals surface area contributed by atoms with E-state index in [0.29, 0.717) is 0 Å². The van der Waals surface area contributed by atoms with Gasteiger partial charge in [-0.2, -0.15) is 0 Å². The molecule has 0 saturated heterocycles. The van der Waals surface area contributed by atoms with Crippen LogP contribution < -0.4 is 10.1 Å². The third-order valence-electron chi connectivity index (χ3n) is 2.83. The van der Waals surface area contributed by atoms with Crippen molar-refractivity contribution >= 4 is 34.6 Å². The molecule has 0 heterocycles. The maximum absolute atomic E-state index is 11.8. The molecule has 0 spiro atoms. The largest absolute Gasteiger partial charge is 0.482 e. The van der Waals surface area contributed by atoms with Gasteiger partial charge in [0.1, 0.15) is 5.75 Å². The van der Waals surface area contributed by atoms with E-state index in [4.69, 9.17) is 16.3 Å². The molecular weight excluding hydrogens is 342 g/mol. The third-order valence-corrected chi connectivity index (χ3v) is 3.12. The van der Waals surface area contributed by atoms with Crippen molar-refractivity contribution in [3.05, 3.63) is 67.7 Å². The molecular formula is C14H10ClN3O6. The van der Waals surface area contributed by atoms with E-state index >= 15 is 0 Å². The molecule has 1 N–H and O–H groups in total. The molecule has 0 unspecified atom stereocenters. The number of anilines is 1. The van der Waals surface area contributed by atoms with Gasteiger partial charge in [-0.25, -0.2) is 0 Å². The highest BCUT2D eigenvalue weighted by Gasteiger charge is 2.12. The Morgan fingerprint density at radius 3 is 2.38 bits per heavy atom. The average Bonchev–Trinajstić information content (AvgIpc) is 2.53. The number of amides is 1. The summed E-state index contributed by atoms with van der Waals surface area (Å²) in [6.07, 6.45) is 0. The Morgan fingerprint density at radius 2 is 1.75 bits per heavy atom. The molecule has 0 aliphatic carbocycles. The monoisotopic (exact) mass is 351 g/mol. The summed E-state index contributed by atoms with van der Waals surface area (Å²) in [5.74, 6) is -0.457. The molecule has 0 aromatic heterocycles. The zero-order valence-electron chi connectivity index (χ0n) is 12.0. The Kier molecular flexibility index (Phi) is 5.27. The van der Waals surface area contributed by atoms with Gasteiger partial charge in [0.2, 0.25) is 0 Å². The van der Waals surface area contributed by atoms with Gasteiger partial charge < -0.3 is 10.1 Å². The predicted molar refractivity (Wildman–Crippen MR) is 85.3 cm³/mol. The second-order valence-electron chi connectivity index (χ2n) is 4.52. The van der Waals surface area contributed by atoms with Crippen molar-refractivity contribution in [3.63, 3.8) is 0 Å². The van der Waals surface area contributed by atoms with Crippen LogP contribution in [0.3, 0.4) is 0 Å². The van der Waals surface area contributed by atoms with Crippen molar-refractivity contribution in [2.75, 3.05) is 11.9 Å². The number of non-ortho nitro benzene ring substituents is 2. The number of nitro groups is 2. The molecule has 10 heteroatoms. The van der Waals surface area contributed by atoms with E-state index in [-0.39, 0.29) is 27.8 Å². The zero-order chi connectivity index (χ0) is 17.7. The molecule has 0 fully saturated rings. The zero-order valence-corrected chi connectivity index (χ0v) is 12.7. The fourth-order valence-electron chi connectivity index (χ4n) is 1.76. The average molecular weight is 352 g/mol. The molecule has 2 aromatic carbocycles. The minimum absolute atomic E-state index is 0.00708. The molecule has 1 amide bonds. The number of hydrogen-bond acceptors (Lipinski definition) is 6. The predicted octanol–water partition coefficient (Wildman–Crippen LogP) is 3.17. The first-order valence-corrected chi connectivity index (χ1v) is 6.85. The van der Waals surface area contributed by atoms with Crippen LogP contribution in [0.2, 0.25) is 5.02 Å². The summed E-state index contributed by atoms with van der Waals surface area (Å²) in [5.41, 5.74) is -0.117. The molecule has 0 saturated carbocycles. The summed E-state index contributed by atoms with van der Waals surface area (Å²) in [7, 11) is 0. The first kappa shape index (κ1) is 17.2. The maximum atomic E-state index is 11.8. The lowest BCUT2D eigenvalue weighted by atomic mass is 10.3. The van der Waals surface area contributed by atoms with Crippen LogP contribution in [0.5, 0.6) is 5.75 Å². The number of carbonyl (C=O) groups excluding carboxylic acids is 1.